The molecule has 1 aromatic heterocycles. The number of anilines is 1. The summed E-state index contributed by atoms with van der Waals surface area (Å²) in [5.74, 6) is 1.71. The molecule has 3 aromatic rings. The number of phenols is 1. The molecule has 2 heterocycles. The molecule has 5 nitrogen and oxygen atoms in total. The molecular weight excluding hydrogens is 336 g/mol. The van der Waals surface area contributed by atoms with E-state index in [2.05, 4.69) is 49.0 Å². The molecular formula is C22H26N4O. The van der Waals surface area contributed by atoms with Gasteiger partial charge >= 0.3 is 0 Å². The third-order valence-electron chi connectivity index (χ3n) is 5.55. The van der Waals surface area contributed by atoms with Crippen molar-refractivity contribution < 1.29 is 5.11 Å². The van der Waals surface area contributed by atoms with E-state index in [-0.39, 0.29) is 5.75 Å². The number of piperidine rings is 1. The first-order valence-corrected chi connectivity index (χ1v) is 9.51. The number of nitrogens with zero attached hydrogens (tertiary/aromatic N) is 4. The van der Waals surface area contributed by atoms with Crippen LogP contribution in [0.25, 0.3) is 22.3 Å². The number of hydrogen-bond donors (Lipinski definition) is 1. The summed E-state index contributed by atoms with van der Waals surface area (Å²) in [6.07, 6.45) is 2.24. The van der Waals surface area contributed by atoms with Crippen molar-refractivity contribution >= 4 is 16.7 Å². The van der Waals surface area contributed by atoms with Crippen LogP contribution in [0.5, 0.6) is 5.75 Å². The molecule has 0 radical (unpaired) electrons. The maximum Gasteiger partial charge on any atom is 0.165 e. The highest BCUT2D eigenvalue weighted by Gasteiger charge is 2.24. The van der Waals surface area contributed by atoms with Crippen molar-refractivity contribution in [3.63, 3.8) is 0 Å². The number of phenolic OH excluding ortho intramolecular Hbond substituents is 1. The number of aromatic nitrogens is 2. The minimum absolute atomic E-state index is 0.206. The van der Waals surface area contributed by atoms with Crippen LogP contribution in [0.4, 0.5) is 5.82 Å². The van der Waals surface area contributed by atoms with Crippen LogP contribution in [-0.2, 0) is 0 Å². The van der Waals surface area contributed by atoms with Gasteiger partial charge in [0, 0.05) is 18.5 Å². The third kappa shape index (κ3) is 3.47. The maximum atomic E-state index is 10.3. The molecule has 5 heteroatoms. The summed E-state index contributed by atoms with van der Waals surface area (Å²) in [7, 11) is 4.31. The molecule has 1 aliphatic heterocycles. The normalized spacial score (nSPS) is 16.0. The summed E-state index contributed by atoms with van der Waals surface area (Å²) < 4.78 is 0. The van der Waals surface area contributed by atoms with Gasteiger partial charge in [0.05, 0.1) is 11.1 Å². The topological polar surface area (TPSA) is 52.5 Å². The molecule has 1 fully saturated rings. The second-order valence-corrected chi connectivity index (χ2v) is 7.55. The highest BCUT2D eigenvalue weighted by Crippen LogP contribution is 2.33. The van der Waals surface area contributed by atoms with E-state index >= 15 is 0 Å². The van der Waals surface area contributed by atoms with Gasteiger partial charge in [-0.15, -0.1) is 0 Å². The Labute approximate surface area is 160 Å². The fourth-order valence-corrected chi connectivity index (χ4v) is 3.83. The Balaban J connectivity index is 1.84. The number of benzene rings is 2. The Morgan fingerprint density at radius 1 is 1.07 bits per heavy atom. The van der Waals surface area contributed by atoms with Crippen LogP contribution in [-0.4, -0.2) is 53.2 Å². The zero-order valence-corrected chi connectivity index (χ0v) is 16.2. The summed E-state index contributed by atoms with van der Waals surface area (Å²) in [5.41, 5.74) is 2.74. The Morgan fingerprint density at radius 3 is 2.56 bits per heavy atom. The smallest absolute Gasteiger partial charge is 0.165 e. The number of hydrogen-bond acceptors (Lipinski definition) is 5. The SMILES string of the molecule is Cc1ccc2c(N(C)C3CCN(C)CC3)nc(-c3ccccc3O)nc2c1. The molecule has 0 atom stereocenters. The van der Waals surface area contributed by atoms with E-state index in [9.17, 15) is 5.11 Å². The van der Waals surface area contributed by atoms with E-state index in [4.69, 9.17) is 9.97 Å². The Hall–Kier alpha value is -2.66. The van der Waals surface area contributed by atoms with Crippen molar-refractivity contribution in [3.8, 4) is 17.1 Å². The monoisotopic (exact) mass is 362 g/mol. The van der Waals surface area contributed by atoms with E-state index in [1.807, 2.05) is 18.2 Å². The summed E-state index contributed by atoms with van der Waals surface area (Å²) in [5, 5.41) is 11.4. The van der Waals surface area contributed by atoms with Gasteiger partial charge in [-0.3, -0.25) is 0 Å². The second kappa shape index (κ2) is 7.16. The van der Waals surface area contributed by atoms with Crippen LogP contribution >= 0.6 is 0 Å². The number of rotatable bonds is 3. The van der Waals surface area contributed by atoms with Gasteiger partial charge in [-0.05, 0) is 69.7 Å². The van der Waals surface area contributed by atoms with Crippen molar-refractivity contribution in [2.45, 2.75) is 25.8 Å². The summed E-state index contributed by atoms with van der Waals surface area (Å²) in [4.78, 5) is 14.3. The molecule has 0 saturated carbocycles. The number of para-hydroxylation sites is 1. The predicted molar refractivity (Wildman–Crippen MR) is 110 cm³/mol. The average molecular weight is 362 g/mol. The van der Waals surface area contributed by atoms with Gasteiger partial charge in [0.2, 0.25) is 0 Å². The van der Waals surface area contributed by atoms with E-state index in [0.29, 0.717) is 17.4 Å². The highest BCUT2D eigenvalue weighted by atomic mass is 16.3. The minimum Gasteiger partial charge on any atom is -0.507 e. The molecule has 4 rings (SSSR count). The van der Waals surface area contributed by atoms with E-state index in [1.54, 1.807) is 6.07 Å². The third-order valence-corrected chi connectivity index (χ3v) is 5.55. The molecule has 1 N–H and O–H groups in total. The van der Waals surface area contributed by atoms with Crippen LogP contribution in [0.1, 0.15) is 18.4 Å². The van der Waals surface area contributed by atoms with Gasteiger partial charge in [0.1, 0.15) is 11.6 Å². The largest absolute Gasteiger partial charge is 0.507 e. The molecule has 27 heavy (non-hydrogen) atoms. The first-order chi connectivity index (χ1) is 13.0. The first-order valence-electron chi connectivity index (χ1n) is 9.51. The molecule has 0 spiro atoms. The Morgan fingerprint density at radius 2 is 1.81 bits per heavy atom. The van der Waals surface area contributed by atoms with Gasteiger partial charge in [-0.25, -0.2) is 9.97 Å². The van der Waals surface area contributed by atoms with Crippen molar-refractivity contribution in [2.75, 3.05) is 32.1 Å². The molecule has 2 aromatic carbocycles. The number of aryl methyl sites for hydroxylation is 1. The summed E-state index contributed by atoms with van der Waals surface area (Å²) in [6, 6.07) is 14.0. The fraction of sp³-hybridized carbons (Fsp3) is 0.364. The van der Waals surface area contributed by atoms with Crippen molar-refractivity contribution in [2.24, 2.45) is 0 Å². The molecule has 1 saturated heterocycles. The van der Waals surface area contributed by atoms with E-state index < -0.39 is 0 Å². The van der Waals surface area contributed by atoms with Crippen molar-refractivity contribution in [1.29, 1.82) is 0 Å². The maximum absolute atomic E-state index is 10.3. The fourth-order valence-electron chi connectivity index (χ4n) is 3.83. The predicted octanol–water partition coefficient (Wildman–Crippen LogP) is 3.84. The van der Waals surface area contributed by atoms with Gasteiger partial charge in [0.15, 0.2) is 5.82 Å². The molecule has 0 amide bonds. The Kier molecular flexibility index (Phi) is 4.70. The zero-order chi connectivity index (χ0) is 19.0. The van der Waals surface area contributed by atoms with Crippen LogP contribution in [0.2, 0.25) is 0 Å². The number of aromatic hydroxyl groups is 1. The molecule has 1 aliphatic rings. The number of likely N-dealkylation sites (tertiary alicyclic amines) is 1. The Bertz CT molecular complexity index is 964. The van der Waals surface area contributed by atoms with Crippen LogP contribution < -0.4 is 4.90 Å². The molecule has 0 aliphatic carbocycles. The minimum atomic E-state index is 0.206. The van der Waals surface area contributed by atoms with Crippen LogP contribution in [0.15, 0.2) is 42.5 Å². The second-order valence-electron chi connectivity index (χ2n) is 7.55. The highest BCUT2D eigenvalue weighted by molar-refractivity contribution is 5.91. The van der Waals surface area contributed by atoms with Crippen molar-refractivity contribution in [3.05, 3.63) is 48.0 Å². The van der Waals surface area contributed by atoms with E-state index in [1.165, 1.54) is 0 Å². The van der Waals surface area contributed by atoms with Gasteiger partial charge in [-0.1, -0.05) is 18.2 Å². The molecule has 0 bridgehead atoms. The average Bonchev–Trinajstić information content (AvgIpc) is 2.67. The quantitative estimate of drug-likeness (QED) is 0.767. The zero-order valence-electron chi connectivity index (χ0n) is 16.2. The lowest BCUT2D eigenvalue weighted by molar-refractivity contribution is 0.252. The summed E-state index contributed by atoms with van der Waals surface area (Å²) in [6.45, 7) is 4.27. The lowest BCUT2D eigenvalue weighted by Crippen LogP contribution is -2.42. The lowest BCUT2D eigenvalue weighted by Gasteiger charge is -2.36. The van der Waals surface area contributed by atoms with E-state index in [0.717, 1.165) is 48.2 Å². The van der Waals surface area contributed by atoms with Gasteiger partial charge < -0.3 is 14.9 Å². The van der Waals surface area contributed by atoms with Crippen molar-refractivity contribution in [1.82, 2.24) is 14.9 Å². The number of fused-ring (bicyclic) bond motifs is 1. The van der Waals surface area contributed by atoms with Crippen LogP contribution in [0, 0.1) is 6.92 Å². The molecule has 140 valence electrons. The standard InChI is InChI=1S/C22H26N4O/c1-15-8-9-17-19(14-15)23-21(18-6-4-5-7-20(18)27)24-22(17)26(3)16-10-12-25(2)13-11-16/h4-9,14,16,27H,10-13H2,1-3H3. The first kappa shape index (κ1) is 17.7. The van der Waals surface area contributed by atoms with Gasteiger partial charge in [-0.2, -0.15) is 0 Å². The van der Waals surface area contributed by atoms with Gasteiger partial charge in [0.25, 0.3) is 0 Å². The summed E-state index contributed by atoms with van der Waals surface area (Å²) >= 11 is 0. The molecule has 0 unspecified atom stereocenters. The van der Waals surface area contributed by atoms with Crippen LogP contribution in [0.3, 0.4) is 0 Å². The lowest BCUT2D eigenvalue weighted by atomic mass is 10.0.